The topological polar surface area (TPSA) is 39.7 Å². The summed E-state index contributed by atoms with van der Waals surface area (Å²) in [5.74, 6) is 1.57. The highest BCUT2D eigenvalue weighted by Gasteiger charge is 2.31. The van der Waals surface area contributed by atoms with E-state index in [9.17, 15) is 0 Å². The maximum absolute atomic E-state index is 4.73. The first-order valence-corrected chi connectivity index (χ1v) is 9.63. The fourth-order valence-electron chi connectivity index (χ4n) is 2.70. The molecule has 1 aliphatic rings. The number of aliphatic imine (C=N–C) groups is 1. The van der Waals surface area contributed by atoms with Crippen molar-refractivity contribution in [3.05, 3.63) is 20.8 Å². The van der Waals surface area contributed by atoms with Crippen LogP contribution >= 0.6 is 27.3 Å². The molecule has 0 aliphatic carbocycles. The summed E-state index contributed by atoms with van der Waals surface area (Å²) in [6.45, 7) is 12.8. The minimum atomic E-state index is 0.468. The summed E-state index contributed by atoms with van der Waals surface area (Å²) in [6.07, 6.45) is 0. The fraction of sp³-hybridized carbons (Fsp3) is 0.688. The first-order valence-electron chi connectivity index (χ1n) is 8.02. The van der Waals surface area contributed by atoms with E-state index in [1.165, 1.54) is 4.88 Å². The van der Waals surface area contributed by atoms with E-state index in [-0.39, 0.29) is 0 Å². The molecule has 2 rings (SSSR count). The largest absolute Gasteiger partial charge is 0.357 e. The lowest BCUT2D eigenvalue weighted by molar-refractivity contribution is 0.265. The average molecular weight is 387 g/mol. The fourth-order valence-corrected chi connectivity index (χ4v) is 4.11. The predicted molar refractivity (Wildman–Crippen MR) is 99.6 cm³/mol. The molecule has 2 atom stereocenters. The lowest BCUT2D eigenvalue weighted by Gasteiger charge is -2.21. The van der Waals surface area contributed by atoms with Gasteiger partial charge in [-0.3, -0.25) is 4.90 Å². The maximum atomic E-state index is 4.73. The number of hydrogen-bond donors (Lipinski definition) is 2. The highest BCUT2D eigenvalue weighted by molar-refractivity contribution is 9.11. The molecule has 1 aromatic rings. The Morgan fingerprint density at radius 1 is 1.45 bits per heavy atom. The van der Waals surface area contributed by atoms with Gasteiger partial charge in [0, 0.05) is 36.6 Å². The summed E-state index contributed by atoms with van der Waals surface area (Å²) < 4.78 is 1.16. The third-order valence-corrected chi connectivity index (χ3v) is 5.67. The van der Waals surface area contributed by atoms with E-state index in [0.29, 0.717) is 18.0 Å². The van der Waals surface area contributed by atoms with Gasteiger partial charge in [0.1, 0.15) is 0 Å². The smallest absolute Gasteiger partial charge is 0.191 e. The standard InChI is InChI=1S/C16H27BrN4S/c1-5-18-16(19-8-13-6-7-15(17)22-13)20-14-10-21(11(2)3)9-12(14)4/h6-7,11-12,14H,5,8-10H2,1-4H3,(H2,18,19,20). The zero-order valence-corrected chi connectivity index (χ0v) is 16.3. The van der Waals surface area contributed by atoms with Gasteiger partial charge in [-0.2, -0.15) is 0 Å². The van der Waals surface area contributed by atoms with Crippen LogP contribution in [0.5, 0.6) is 0 Å². The van der Waals surface area contributed by atoms with Crippen LogP contribution in [0.2, 0.25) is 0 Å². The molecule has 0 radical (unpaired) electrons. The number of hydrogen-bond acceptors (Lipinski definition) is 3. The Bertz CT molecular complexity index is 500. The highest BCUT2D eigenvalue weighted by atomic mass is 79.9. The number of rotatable bonds is 5. The van der Waals surface area contributed by atoms with Crippen molar-refractivity contribution < 1.29 is 0 Å². The number of thiophene rings is 1. The number of nitrogens with one attached hydrogen (secondary N) is 2. The molecule has 0 bridgehead atoms. The molecule has 0 saturated carbocycles. The Labute approximate surface area is 146 Å². The van der Waals surface area contributed by atoms with E-state index in [0.717, 1.165) is 35.9 Å². The summed E-state index contributed by atoms with van der Waals surface area (Å²) in [4.78, 5) is 8.53. The first kappa shape index (κ1) is 17.8. The quantitative estimate of drug-likeness (QED) is 0.602. The van der Waals surface area contributed by atoms with Crippen LogP contribution in [0.3, 0.4) is 0 Å². The van der Waals surface area contributed by atoms with Crippen molar-refractivity contribution in [1.82, 2.24) is 15.5 Å². The summed E-state index contributed by atoms with van der Waals surface area (Å²) in [6, 6.07) is 5.28. The van der Waals surface area contributed by atoms with E-state index >= 15 is 0 Å². The van der Waals surface area contributed by atoms with Crippen molar-refractivity contribution in [3.8, 4) is 0 Å². The molecule has 22 heavy (non-hydrogen) atoms. The van der Waals surface area contributed by atoms with Gasteiger partial charge < -0.3 is 10.6 Å². The molecule has 0 spiro atoms. The van der Waals surface area contributed by atoms with Gasteiger partial charge in [-0.1, -0.05) is 6.92 Å². The van der Waals surface area contributed by atoms with Crippen molar-refractivity contribution in [1.29, 1.82) is 0 Å². The zero-order chi connectivity index (χ0) is 16.1. The third-order valence-electron chi connectivity index (χ3n) is 4.06. The second-order valence-corrected chi connectivity index (χ2v) is 8.72. The zero-order valence-electron chi connectivity index (χ0n) is 13.9. The van der Waals surface area contributed by atoms with Crippen LogP contribution in [0.15, 0.2) is 20.9 Å². The Morgan fingerprint density at radius 2 is 2.23 bits per heavy atom. The van der Waals surface area contributed by atoms with Crippen molar-refractivity contribution in [3.63, 3.8) is 0 Å². The minimum Gasteiger partial charge on any atom is -0.357 e. The van der Waals surface area contributed by atoms with E-state index in [4.69, 9.17) is 4.99 Å². The number of nitrogens with zero attached hydrogens (tertiary/aromatic N) is 2. The van der Waals surface area contributed by atoms with Gasteiger partial charge >= 0.3 is 0 Å². The number of likely N-dealkylation sites (tertiary alicyclic amines) is 1. The van der Waals surface area contributed by atoms with Crippen LogP contribution in [-0.4, -0.2) is 42.6 Å². The molecule has 0 aromatic carbocycles. The van der Waals surface area contributed by atoms with Gasteiger partial charge in [-0.05, 0) is 54.8 Å². The third kappa shape index (κ3) is 4.96. The SMILES string of the molecule is CCNC(=NCc1ccc(Br)s1)NC1CN(C(C)C)CC1C. The lowest BCUT2D eigenvalue weighted by Crippen LogP contribution is -2.46. The monoisotopic (exact) mass is 386 g/mol. The molecule has 1 aliphatic heterocycles. The van der Waals surface area contributed by atoms with Gasteiger partial charge in [0.2, 0.25) is 0 Å². The molecule has 1 aromatic heterocycles. The second kappa shape index (κ2) is 8.31. The van der Waals surface area contributed by atoms with E-state index in [1.807, 2.05) is 0 Å². The molecular formula is C16H27BrN4S. The van der Waals surface area contributed by atoms with Crippen LogP contribution in [0.1, 0.15) is 32.6 Å². The second-order valence-electron chi connectivity index (χ2n) is 6.18. The van der Waals surface area contributed by atoms with Crippen molar-refractivity contribution in [2.24, 2.45) is 10.9 Å². The summed E-state index contributed by atoms with van der Waals surface area (Å²) in [7, 11) is 0. The van der Waals surface area contributed by atoms with Gasteiger partial charge in [0.25, 0.3) is 0 Å². The molecule has 2 N–H and O–H groups in total. The van der Waals surface area contributed by atoms with Gasteiger partial charge in [-0.25, -0.2) is 4.99 Å². The van der Waals surface area contributed by atoms with Gasteiger partial charge in [-0.15, -0.1) is 11.3 Å². The van der Waals surface area contributed by atoms with Crippen LogP contribution in [0.25, 0.3) is 0 Å². The number of halogens is 1. The van der Waals surface area contributed by atoms with Crippen LogP contribution in [-0.2, 0) is 6.54 Å². The molecule has 4 nitrogen and oxygen atoms in total. The molecule has 2 unspecified atom stereocenters. The van der Waals surface area contributed by atoms with E-state index in [1.54, 1.807) is 11.3 Å². The molecule has 2 heterocycles. The van der Waals surface area contributed by atoms with Crippen LogP contribution in [0.4, 0.5) is 0 Å². The van der Waals surface area contributed by atoms with Gasteiger partial charge in [0.05, 0.1) is 10.3 Å². The van der Waals surface area contributed by atoms with Crippen molar-refractivity contribution >= 4 is 33.2 Å². The Kier molecular flexibility index (Phi) is 6.71. The molecule has 1 saturated heterocycles. The van der Waals surface area contributed by atoms with Gasteiger partial charge in [0.15, 0.2) is 5.96 Å². The van der Waals surface area contributed by atoms with Crippen molar-refractivity contribution in [2.45, 2.75) is 46.3 Å². The minimum absolute atomic E-state index is 0.468. The number of guanidine groups is 1. The highest BCUT2D eigenvalue weighted by Crippen LogP contribution is 2.22. The molecular weight excluding hydrogens is 360 g/mol. The first-order chi connectivity index (χ1) is 10.5. The summed E-state index contributed by atoms with van der Waals surface area (Å²) in [5.41, 5.74) is 0. The van der Waals surface area contributed by atoms with Crippen LogP contribution < -0.4 is 10.6 Å². The molecule has 1 fully saturated rings. The summed E-state index contributed by atoms with van der Waals surface area (Å²) in [5, 5.41) is 6.98. The Balaban J connectivity index is 1.96. The van der Waals surface area contributed by atoms with Crippen molar-refractivity contribution in [2.75, 3.05) is 19.6 Å². The van der Waals surface area contributed by atoms with E-state index < -0.39 is 0 Å². The maximum Gasteiger partial charge on any atom is 0.191 e. The van der Waals surface area contributed by atoms with Crippen LogP contribution in [0, 0.1) is 5.92 Å². The lowest BCUT2D eigenvalue weighted by atomic mass is 10.1. The Hall–Kier alpha value is -0.590. The normalized spacial score (nSPS) is 23.3. The Morgan fingerprint density at radius 3 is 2.77 bits per heavy atom. The molecule has 6 heteroatoms. The molecule has 0 amide bonds. The summed E-state index contributed by atoms with van der Waals surface area (Å²) >= 11 is 5.24. The predicted octanol–water partition coefficient (Wildman–Crippen LogP) is 3.29. The average Bonchev–Trinajstić information content (AvgIpc) is 3.03. The molecule has 124 valence electrons. The van der Waals surface area contributed by atoms with E-state index in [2.05, 4.69) is 71.3 Å².